The zero-order valence-corrected chi connectivity index (χ0v) is 16.8. The van der Waals surface area contributed by atoms with Gasteiger partial charge < -0.3 is 9.47 Å². The number of morpholine rings is 1. The molecule has 0 aliphatic carbocycles. The lowest BCUT2D eigenvalue weighted by Gasteiger charge is -2.45. The fourth-order valence-electron chi connectivity index (χ4n) is 2.83. The van der Waals surface area contributed by atoms with Crippen molar-refractivity contribution in [2.75, 3.05) is 19.0 Å². The summed E-state index contributed by atoms with van der Waals surface area (Å²) in [6.07, 6.45) is -0.744. The molecule has 1 aliphatic rings. The van der Waals surface area contributed by atoms with E-state index in [1.54, 1.807) is 13.8 Å². The highest BCUT2D eigenvalue weighted by Crippen LogP contribution is 2.33. The molecule has 0 spiro atoms. The highest BCUT2D eigenvalue weighted by Gasteiger charge is 2.50. The number of ether oxygens (including phenoxy) is 2. The number of carbonyl (C=O) groups is 1. The summed E-state index contributed by atoms with van der Waals surface area (Å²) < 4.78 is 37.9. The number of nitro groups is 1. The number of nitro benzene ring substituents is 1. The Labute approximate surface area is 159 Å². The number of nitrogens with zero attached hydrogens (tertiary/aromatic N) is 2. The predicted octanol–water partition coefficient (Wildman–Crippen LogP) is 1.70. The Bertz CT molecular complexity index is 799. The van der Waals surface area contributed by atoms with Crippen LogP contribution in [-0.2, 0) is 24.3 Å². The van der Waals surface area contributed by atoms with E-state index in [9.17, 15) is 23.3 Å². The topological polar surface area (TPSA) is 116 Å². The highest BCUT2D eigenvalue weighted by atomic mass is 79.9. The van der Waals surface area contributed by atoms with Crippen LogP contribution in [0.2, 0.25) is 0 Å². The Kier molecular flexibility index (Phi) is 6.06. The van der Waals surface area contributed by atoms with E-state index >= 15 is 0 Å². The first kappa shape index (κ1) is 20.7. The number of halogens is 1. The summed E-state index contributed by atoms with van der Waals surface area (Å²) >= 11 is 3.31. The molecule has 3 atom stereocenters. The van der Waals surface area contributed by atoms with Crippen LogP contribution in [0.3, 0.4) is 0 Å². The van der Waals surface area contributed by atoms with Crippen LogP contribution < -0.4 is 0 Å². The van der Waals surface area contributed by atoms with Crippen LogP contribution in [0.25, 0.3) is 0 Å². The van der Waals surface area contributed by atoms with Gasteiger partial charge in [-0.25, -0.2) is 8.42 Å². The summed E-state index contributed by atoms with van der Waals surface area (Å²) in [5.41, 5.74) is -1.08. The molecule has 1 fully saturated rings. The molecule has 0 radical (unpaired) electrons. The first-order valence-electron chi connectivity index (χ1n) is 7.63. The van der Waals surface area contributed by atoms with Crippen LogP contribution in [0.15, 0.2) is 29.2 Å². The molecule has 0 aromatic heterocycles. The molecule has 1 aromatic carbocycles. The van der Waals surface area contributed by atoms with Crippen LogP contribution in [0.1, 0.15) is 13.8 Å². The van der Waals surface area contributed by atoms with E-state index in [-0.39, 0.29) is 17.1 Å². The van der Waals surface area contributed by atoms with Crippen LogP contribution >= 0.6 is 15.9 Å². The normalized spacial score (nSPS) is 27.1. The molecule has 0 saturated carbocycles. The fourth-order valence-corrected chi connectivity index (χ4v) is 4.89. The molecule has 144 valence electrons. The molecule has 1 saturated heterocycles. The number of non-ortho nitro benzene ring substituents is 1. The van der Waals surface area contributed by atoms with Crippen molar-refractivity contribution in [1.82, 2.24) is 4.31 Å². The van der Waals surface area contributed by atoms with Gasteiger partial charge in [-0.05, 0) is 26.0 Å². The van der Waals surface area contributed by atoms with Crippen molar-refractivity contribution in [2.24, 2.45) is 0 Å². The number of alkyl halides is 1. The molecular formula is C15H19BrN2O7S. The van der Waals surface area contributed by atoms with Crippen LogP contribution in [-0.4, -0.2) is 60.3 Å². The molecule has 11 heteroatoms. The van der Waals surface area contributed by atoms with E-state index in [0.29, 0.717) is 5.33 Å². The lowest BCUT2D eigenvalue weighted by molar-refractivity contribution is -0.384. The Balaban J connectivity index is 2.50. The first-order valence-corrected chi connectivity index (χ1v) is 10.2. The summed E-state index contributed by atoms with van der Waals surface area (Å²) in [4.78, 5) is 22.2. The predicted molar refractivity (Wildman–Crippen MR) is 95.5 cm³/mol. The first-order chi connectivity index (χ1) is 12.1. The second-order valence-electron chi connectivity index (χ2n) is 6.18. The average molecular weight is 451 g/mol. The second-order valence-corrected chi connectivity index (χ2v) is 8.63. The van der Waals surface area contributed by atoms with Crippen molar-refractivity contribution < 1.29 is 27.6 Å². The summed E-state index contributed by atoms with van der Waals surface area (Å²) in [7, 11) is -2.94. The van der Waals surface area contributed by atoms with E-state index in [1.165, 1.54) is 7.11 Å². The van der Waals surface area contributed by atoms with Crippen molar-refractivity contribution in [3.8, 4) is 0 Å². The maximum atomic E-state index is 13.1. The molecular weight excluding hydrogens is 432 g/mol. The van der Waals surface area contributed by atoms with Crippen molar-refractivity contribution in [3.05, 3.63) is 34.4 Å². The van der Waals surface area contributed by atoms with Gasteiger partial charge >= 0.3 is 5.97 Å². The van der Waals surface area contributed by atoms with E-state index in [4.69, 9.17) is 9.47 Å². The van der Waals surface area contributed by atoms with Crippen molar-refractivity contribution >= 4 is 37.6 Å². The number of sulfonamides is 1. The Morgan fingerprint density at radius 1 is 1.46 bits per heavy atom. The number of hydrogen-bond donors (Lipinski definition) is 0. The number of hydrogen-bond acceptors (Lipinski definition) is 7. The van der Waals surface area contributed by atoms with Crippen molar-refractivity contribution in [1.29, 1.82) is 0 Å². The van der Waals surface area contributed by atoms with Crippen LogP contribution in [0.5, 0.6) is 0 Å². The Hall–Kier alpha value is -1.56. The number of methoxy groups -OCH3 is 1. The number of esters is 1. The van der Waals surface area contributed by atoms with Gasteiger partial charge in [-0.1, -0.05) is 15.9 Å². The molecule has 0 unspecified atom stereocenters. The average Bonchev–Trinajstić information content (AvgIpc) is 2.60. The third-order valence-electron chi connectivity index (χ3n) is 4.10. The molecule has 0 bridgehead atoms. The summed E-state index contributed by atoms with van der Waals surface area (Å²) in [5, 5.41) is 11.1. The minimum absolute atomic E-state index is 0.0817. The lowest BCUT2D eigenvalue weighted by atomic mass is 10.0. The standard InChI is InChI=1S/C15H19BrN2O7S/c1-10-13(14(19)24-3)17(9-15(2,8-16)25-10)26(22,23)12-6-4-11(5-7-12)18(20)21/h4-7,10,13H,8-9H2,1-3H3/t10-,13+,15+/m1/s1. The zero-order valence-electron chi connectivity index (χ0n) is 14.4. The van der Waals surface area contributed by atoms with Gasteiger partial charge in [-0.15, -0.1) is 0 Å². The summed E-state index contributed by atoms with van der Waals surface area (Å²) in [6.45, 7) is 3.24. The van der Waals surface area contributed by atoms with Crippen molar-refractivity contribution in [3.63, 3.8) is 0 Å². The largest absolute Gasteiger partial charge is 0.468 e. The third kappa shape index (κ3) is 3.90. The zero-order chi connectivity index (χ0) is 19.7. The number of benzene rings is 1. The monoisotopic (exact) mass is 450 g/mol. The maximum Gasteiger partial charge on any atom is 0.326 e. The van der Waals surface area contributed by atoms with Gasteiger partial charge in [0.2, 0.25) is 10.0 Å². The number of rotatable bonds is 5. The second kappa shape index (κ2) is 7.59. The quantitative estimate of drug-likeness (QED) is 0.290. The molecule has 26 heavy (non-hydrogen) atoms. The summed E-state index contributed by atoms with van der Waals surface area (Å²) in [5.74, 6) is -0.736. The van der Waals surface area contributed by atoms with E-state index in [2.05, 4.69) is 15.9 Å². The highest BCUT2D eigenvalue weighted by molar-refractivity contribution is 9.09. The van der Waals surface area contributed by atoms with Crippen molar-refractivity contribution in [2.45, 2.75) is 36.5 Å². The van der Waals surface area contributed by atoms with Gasteiger partial charge in [0.05, 0.1) is 28.6 Å². The molecule has 1 heterocycles. The van der Waals surface area contributed by atoms with Gasteiger partial charge in [0.25, 0.3) is 5.69 Å². The van der Waals surface area contributed by atoms with Gasteiger partial charge in [-0.3, -0.25) is 14.9 Å². The third-order valence-corrected chi connectivity index (χ3v) is 7.12. The molecule has 0 amide bonds. The molecule has 1 aromatic rings. The Morgan fingerprint density at radius 2 is 2.04 bits per heavy atom. The SMILES string of the molecule is COC(=O)[C@@H]1[C@@H](C)O[C@@](C)(CBr)CN1S(=O)(=O)c1ccc([N+](=O)[O-])cc1. The van der Waals surface area contributed by atoms with Gasteiger partial charge in [0.1, 0.15) is 6.04 Å². The van der Waals surface area contributed by atoms with Gasteiger partial charge in [0.15, 0.2) is 0 Å². The van der Waals surface area contributed by atoms with Crippen LogP contribution in [0.4, 0.5) is 5.69 Å². The number of carbonyl (C=O) groups excluding carboxylic acids is 1. The van der Waals surface area contributed by atoms with Crippen LogP contribution in [0, 0.1) is 10.1 Å². The van der Waals surface area contributed by atoms with E-state index in [1.807, 2.05) is 0 Å². The minimum Gasteiger partial charge on any atom is -0.468 e. The smallest absolute Gasteiger partial charge is 0.326 e. The lowest BCUT2D eigenvalue weighted by Crippen LogP contribution is -2.63. The van der Waals surface area contributed by atoms with Gasteiger partial charge in [0, 0.05) is 24.0 Å². The van der Waals surface area contributed by atoms with Gasteiger partial charge in [-0.2, -0.15) is 4.31 Å². The molecule has 9 nitrogen and oxygen atoms in total. The minimum atomic E-state index is -4.11. The van der Waals surface area contributed by atoms with E-state index in [0.717, 1.165) is 28.6 Å². The molecule has 0 N–H and O–H groups in total. The molecule has 1 aliphatic heterocycles. The van der Waals surface area contributed by atoms with E-state index < -0.39 is 38.7 Å². The molecule has 2 rings (SSSR count). The Morgan fingerprint density at radius 3 is 2.50 bits per heavy atom. The maximum absolute atomic E-state index is 13.1. The summed E-state index contributed by atoms with van der Waals surface area (Å²) in [6, 6.07) is 3.34. The fraction of sp³-hybridized carbons (Fsp3) is 0.533.